The number of nitrogens with one attached hydrogen (secondary N) is 2. The number of hydrogen-bond donors (Lipinski definition) is 3. The molecule has 1 aromatic heterocycles. The molecule has 0 spiro atoms. The first-order valence-corrected chi connectivity index (χ1v) is 4.15. The number of carbonyl (C=O) groups excluding carboxylic acids is 1. The molecule has 1 amide bonds. The van der Waals surface area contributed by atoms with E-state index in [4.69, 9.17) is 5.73 Å². The fourth-order valence-electron chi connectivity index (χ4n) is 0.968. The fourth-order valence-corrected chi connectivity index (χ4v) is 0.968. The lowest BCUT2D eigenvalue weighted by atomic mass is 10.2. The number of aromatic amines is 1. The summed E-state index contributed by atoms with van der Waals surface area (Å²) < 4.78 is 0. The Morgan fingerprint density at radius 2 is 2.54 bits per heavy atom. The molecule has 13 heavy (non-hydrogen) atoms. The van der Waals surface area contributed by atoms with Crippen molar-refractivity contribution in [3.05, 3.63) is 11.8 Å². The number of hydrogen-bond acceptors (Lipinski definition) is 3. The molecule has 1 atom stereocenters. The van der Waals surface area contributed by atoms with E-state index < -0.39 is 0 Å². The molecule has 1 aromatic rings. The van der Waals surface area contributed by atoms with Gasteiger partial charge in [-0.15, -0.1) is 0 Å². The maximum Gasteiger partial charge on any atom is 0.227 e. The lowest BCUT2D eigenvalue weighted by molar-refractivity contribution is -0.116. The first kappa shape index (κ1) is 9.73. The van der Waals surface area contributed by atoms with Crippen molar-refractivity contribution in [1.29, 1.82) is 0 Å². The van der Waals surface area contributed by atoms with Gasteiger partial charge in [0.1, 0.15) is 0 Å². The molecule has 0 aliphatic carbocycles. The van der Waals surface area contributed by atoms with Gasteiger partial charge in [0.15, 0.2) is 5.82 Å². The summed E-state index contributed by atoms with van der Waals surface area (Å²) in [5, 5.41) is 9.23. The maximum atomic E-state index is 11.2. The molecule has 72 valence electrons. The predicted octanol–water partition coefficient (Wildman–Crippen LogP) is 0.394. The normalized spacial score (nSPS) is 12.5. The van der Waals surface area contributed by atoms with Crippen LogP contribution in [0.1, 0.15) is 19.0 Å². The summed E-state index contributed by atoms with van der Waals surface area (Å²) >= 11 is 0. The van der Waals surface area contributed by atoms with Crippen LogP contribution < -0.4 is 11.1 Å². The minimum absolute atomic E-state index is 0.110. The molecule has 4 N–H and O–H groups in total. The van der Waals surface area contributed by atoms with Crippen LogP contribution in [0.15, 0.2) is 6.07 Å². The summed E-state index contributed by atoms with van der Waals surface area (Å²) in [5.74, 6) is 0.435. The number of rotatable bonds is 3. The molecule has 0 aromatic carbocycles. The van der Waals surface area contributed by atoms with Crippen molar-refractivity contribution in [3.8, 4) is 0 Å². The Bertz CT molecular complexity index is 292. The van der Waals surface area contributed by atoms with Crippen molar-refractivity contribution in [2.75, 3.05) is 5.32 Å². The van der Waals surface area contributed by atoms with Gasteiger partial charge in [-0.1, -0.05) is 0 Å². The molecule has 0 radical (unpaired) electrons. The number of nitrogens with two attached hydrogens (primary N) is 1. The summed E-state index contributed by atoms with van der Waals surface area (Å²) in [6, 6.07) is 1.64. The molecule has 0 saturated heterocycles. The van der Waals surface area contributed by atoms with E-state index >= 15 is 0 Å². The zero-order valence-electron chi connectivity index (χ0n) is 7.79. The average molecular weight is 182 g/mol. The summed E-state index contributed by atoms with van der Waals surface area (Å²) in [6.45, 7) is 3.66. The van der Waals surface area contributed by atoms with Crippen LogP contribution in [-0.2, 0) is 4.79 Å². The maximum absolute atomic E-state index is 11.2. The number of anilines is 1. The lowest BCUT2D eigenvalue weighted by Gasteiger charge is -2.03. The quantitative estimate of drug-likeness (QED) is 0.632. The largest absolute Gasteiger partial charge is 0.327 e. The van der Waals surface area contributed by atoms with Crippen molar-refractivity contribution in [3.63, 3.8) is 0 Å². The zero-order chi connectivity index (χ0) is 9.84. The van der Waals surface area contributed by atoms with Gasteiger partial charge in [-0.25, -0.2) is 0 Å². The third-order valence-corrected chi connectivity index (χ3v) is 1.48. The van der Waals surface area contributed by atoms with Crippen LogP contribution in [0.5, 0.6) is 0 Å². The molecule has 0 fully saturated rings. The number of carbonyl (C=O) groups is 1. The van der Waals surface area contributed by atoms with Crippen molar-refractivity contribution < 1.29 is 4.79 Å². The topological polar surface area (TPSA) is 83.8 Å². The summed E-state index contributed by atoms with van der Waals surface area (Å²) in [6.07, 6.45) is 0.311. The zero-order valence-corrected chi connectivity index (χ0v) is 7.79. The fraction of sp³-hybridized carbons (Fsp3) is 0.500. The van der Waals surface area contributed by atoms with Gasteiger partial charge in [-0.05, 0) is 13.8 Å². The van der Waals surface area contributed by atoms with E-state index in [-0.39, 0.29) is 11.9 Å². The molecule has 0 aliphatic rings. The van der Waals surface area contributed by atoms with Gasteiger partial charge in [0.2, 0.25) is 5.91 Å². The molecular weight excluding hydrogens is 168 g/mol. The summed E-state index contributed by atoms with van der Waals surface area (Å²) in [5.41, 5.74) is 6.38. The van der Waals surface area contributed by atoms with Crippen molar-refractivity contribution in [2.24, 2.45) is 5.73 Å². The van der Waals surface area contributed by atoms with Crippen LogP contribution in [0, 0.1) is 6.92 Å². The first-order chi connectivity index (χ1) is 6.08. The molecule has 0 aliphatic heterocycles. The van der Waals surface area contributed by atoms with E-state index in [0.717, 1.165) is 5.69 Å². The van der Waals surface area contributed by atoms with Gasteiger partial charge >= 0.3 is 0 Å². The molecule has 0 bridgehead atoms. The molecule has 1 rings (SSSR count). The summed E-state index contributed by atoms with van der Waals surface area (Å²) in [4.78, 5) is 11.2. The van der Waals surface area contributed by atoms with E-state index in [2.05, 4.69) is 15.5 Å². The highest BCUT2D eigenvalue weighted by Crippen LogP contribution is 2.04. The second-order valence-corrected chi connectivity index (χ2v) is 3.17. The Kier molecular flexibility index (Phi) is 3.02. The van der Waals surface area contributed by atoms with Crippen molar-refractivity contribution in [2.45, 2.75) is 26.3 Å². The number of amides is 1. The molecular formula is C8H14N4O. The van der Waals surface area contributed by atoms with Gasteiger partial charge in [0.25, 0.3) is 0 Å². The highest BCUT2D eigenvalue weighted by molar-refractivity contribution is 5.90. The Morgan fingerprint density at radius 1 is 1.85 bits per heavy atom. The average Bonchev–Trinajstić information content (AvgIpc) is 2.33. The smallest absolute Gasteiger partial charge is 0.227 e. The highest BCUT2D eigenvalue weighted by atomic mass is 16.1. The standard InChI is InChI=1S/C8H14N4O/c1-5(9)3-8(13)10-7-4-6(2)11-12-7/h4-5H,3,9H2,1-2H3,(H2,10,11,12,13). The third kappa shape index (κ3) is 3.25. The third-order valence-electron chi connectivity index (χ3n) is 1.48. The van der Waals surface area contributed by atoms with E-state index in [1.807, 2.05) is 6.92 Å². The monoisotopic (exact) mass is 182 g/mol. The predicted molar refractivity (Wildman–Crippen MR) is 50.2 cm³/mol. The number of aryl methyl sites for hydroxylation is 1. The summed E-state index contributed by atoms with van der Waals surface area (Å²) in [7, 11) is 0. The first-order valence-electron chi connectivity index (χ1n) is 4.15. The highest BCUT2D eigenvalue weighted by Gasteiger charge is 2.06. The minimum atomic E-state index is -0.125. The van der Waals surface area contributed by atoms with Crippen LogP contribution in [0.3, 0.4) is 0 Å². The molecule has 0 saturated carbocycles. The van der Waals surface area contributed by atoms with Crippen LogP contribution in [0.2, 0.25) is 0 Å². The molecule has 5 nitrogen and oxygen atoms in total. The Labute approximate surface area is 76.7 Å². The number of aromatic nitrogens is 2. The lowest BCUT2D eigenvalue weighted by Crippen LogP contribution is -2.24. The second-order valence-electron chi connectivity index (χ2n) is 3.17. The minimum Gasteiger partial charge on any atom is -0.327 e. The van der Waals surface area contributed by atoms with Crippen molar-refractivity contribution >= 4 is 11.7 Å². The Hall–Kier alpha value is -1.36. The van der Waals surface area contributed by atoms with Gasteiger partial charge < -0.3 is 11.1 Å². The SMILES string of the molecule is Cc1cc(NC(=O)CC(C)N)n[nH]1. The van der Waals surface area contributed by atoms with Crippen LogP contribution in [-0.4, -0.2) is 22.1 Å². The van der Waals surface area contributed by atoms with Crippen LogP contribution >= 0.6 is 0 Å². The van der Waals surface area contributed by atoms with Crippen LogP contribution in [0.25, 0.3) is 0 Å². The van der Waals surface area contributed by atoms with E-state index in [9.17, 15) is 4.79 Å². The molecule has 1 unspecified atom stereocenters. The Morgan fingerprint density at radius 3 is 3.00 bits per heavy atom. The molecule has 1 heterocycles. The molecule has 5 heteroatoms. The second kappa shape index (κ2) is 4.04. The van der Waals surface area contributed by atoms with Crippen molar-refractivity contribution in [1.82, 2.24) is 10.2 Å². The van der Waals surface area contributed by atoms with E-state index in [0.29, 0.717) is 12.2 Å². The number of nitrogens with zero attached hydrogens (tertiary/aromatic N) is 1. The number of H-pyrrole nitrogens is 1. The van der Waals surface area contributed by atoms with E-state index in [1.54, 1.807) is 13.0 Å². The van der Waals surface area contributed by atoms with E-state index in [1.165, 1.54) is 0 Å². The van der Waals surface area contributed by atoms with Gasteiger partial charge in [0.05, 0.1) is 0 Å². The van der Waals surface area contributed by atoms with Gasteiger partial charge in [0, 0.05) is 24.2 Å². The van der Waals surface area contributed by atoms with Crippen LogP contribution in [0.4, 0.5) is 5.82 Å². The van der Waals surface area contributed by atoms with Gasteiger partial charge in [-0.2, -0.15) is 5.10 Å². The Balaban J connectivity index is 2.45. The van der Waals surface area contributed by atoms with Gasteiger partial charge in [-0.3, -0.25) is 9.89 Å².